The smallest absolute Gasteiger partial charge is 0.132 e. The van der Waals surface area contributed by atoms with E-state index in [0.717, 1.165) is 5.56 Å². The molecule has 0 spiro atoms. The van der Waals surface area contributed by atoms with Crippen LogP contribution in [0, 0.1) is 0 Å². The van der Waals surface area contributed by atoms with Crippen molar-refractivity contribution in [1.29, 1.82) is 0 Å². The maximum absolute atomic E-state index is 9.88. The van der Waals surface area contributed by atoms with Crippen LogP contribution in [0.3, 0.4) is 0 Å². The van der Waals surface area contributed by atoms with Crippen molar-refractivity contribution in [2.75, 3.05) is 6.61 Å². The summed E-state index contributed by atoms with van der Waals surface area (Å²) in [6.07, 6.45) is -4.72. The molecule has 20 heavy (non-hydrogen) atoms. The summed E-state index contributed by atoms with van der Waals surface area (Å²) in [4.78, 5) is 0. The van der Waals surface area contributed by atoms with E-state index < -0.39 is 36.5 Å². The Kier molecular flexibility index (Phi) is 5.68. The minimum Gasteiger partial charge on any atom is -0.394 e. The third-order valence-electron chi connectivity index (χ3n) is 3.18. The molecular weight excluding hydrogens is 304 g/mol. The Balaban J connectivity index is 1.95. The van der Waals surface area contributed by atoms with Crippen molar-refractivity contribution in [3.8, 4) is 0 Å². The van der Waals surface area contributed by atoms with Crippen LogP contribution >= 0.6 is 23.4 Å². The first-order valence-corrected chi connectivity index (χ1v) is 7.62. The summed E-state index contributed by atoms with van der Waals surface area (Å²) in [7, 11) is 0. The van der Waals surface area contributed by atoms with Gasteiger partial charge < -0.3 is 25.2 Å². The normalized spacial score (nSPS) is 34.1. The highest BCUT2D eigenvalue weighted by Gasteiger charge is 2.43. The van der Waals surface area contributed by atoms with Crippen LogP contribution in [0.2, 0.25) is 5.02 Å². The summed E-state index contributed by atoms with van der Waals surface area (Å²) < 4.78 is 5.40. The van der Waals surface area contributed by atoms with E-state index in [4.69, 9.17) is 21.4 Å². The maximum atomic E-state index is 9.88. The van der Waals surface area contributed by atoms with E-state index in [-0.39, 0.29) is 0 Å². The summed E-state index contributed by atoms with van der Waals surface area (Å²) >= 11 is 7.09. The molecule has 0 aliphatic carbocycles. The van der Waals surface area contributed by atoms with Crippen LogP contribution in [-0.4, -0.2) is 56.9 Å². The lowest BCUT2D eigenvalue weighted by Gasteiger charge is -2.39. The largest absolute Gasteiger partial charge is 0.394 e. The van der Waals surface area contributed by atoms with E-state index in [9.17, 15) is 15.3 Å². The molecule has 1 aromatic rings. The maximum Gasteiger partial charge on any atom is 0.132 e. The summed E-state index contributed by atoms with van der Waals surface area (Å²) in [6.45, 7) is -0.414. The van der Waals surface area contributed by atoms with Crippen molar-refractivity contribution in [2.45, 2.75) is 35.6 Å². The highest BCUT2D eigenvalue weighted by molar-refractivity contribution is 7.99. The molecule has 5 atom stereocenters. The summed E-state index contributed by atoms with van der Waals surface area (Å²) in [5.41, 5.74) is 0.289. The molecule has 2 rings (SSSR count). The Morgan fingerprint density at radius 3 is 2.30 bits per heavy atom. The molecule has 1 heterocycles. The van der Waals surface area contributed by atoms with Crippen LogP contribution in [0.5, 0.6) is 0 Å². The van der Waals surface area contributed by atoms with Gasteiger partial charge in [0.2, 0.25) is 0 Å². The van der Waals surface area contributed by atoms with Gasteiger partial charge in [-0.3, -0.25) is 0 Å². The summed E-state index contributed by atoms with van der Waals surface area (Å²) in [6, 6.07) is 7.26. The lowest BCUT2D eigenvalue weighted by Crippen LogP contribution is -2.57. The van der Waals surface area contributed by atoms with Gasteiger partial charge in [-0.1, -0.05) is 23.7 Å². The Hall–Kier alpha value is -0.340. The van der Waals surface area contributed by atoms with Gasteiger partial charge >= 0.3 is 0 Å². The second-order valence-electron chi connectivity index (χ2n) is 4.63. The first-order valence-electron chi connectivity index (χ1n) is 6.19. The quantitative estimate of drug-likeness (QED) is 0.641. The number of hydrogen-bond acceptors (Lipinski definition) is 6. The van der Waals surface area contributed by atoms with Gasteiger partial charge in [0.05, 0.1) is 6.61 Å². The van der Waals surface area contributed by atoms with Gasteiger partial charge in [-0.15, -0.1) is 11.8 Å². The zero-order valence-corrected chi connectivity index (χ0v) is 12.2. The van der Waals surface area contributed by atoms with E-state index in [1.54, 1.807) is 12.1 Å². The molecule has 5 nitrogen and oxygen atoms in total. The molecule has 0 unspecified atom stereocenters. The predicted octanol–water partition coefficient (Wildman–Crippen LogP) is 0.373. The average molecular weight is 321 g/mol. The van der Waals surface area contributed by atoms with Gasteiger partial charge in [0.25, 0.3) is 0 Å². The number of aliphatic hydroxyl groups excluding tert-OH is 4. The number of rotatable bonds is 4. The molecule has 7 heteroatoms. The lowest BCUT2D eigenvalue weighted by molar-refractivity contribution is -0.205. The minimum atomic E-state index is -1.33. The second-order valence-corrected chi connectivity index (χ2v) is 6.16. The number of thioether (sulfide) groups is 1. The molecule has 0 bridgehead atoms. The molecule has 1 fully saturated rings. The Morgan fingerprint density at radius 1 is 1.05 bits per heavy atom. The summed E-state index contributed by atoms with van der Waals surface area (Å²) in [5, 5.41) is 39.0. The van der Waals surface area contributed by atoms with Crippen LogP contribution in [-0.2, 0) is 10.5 Å². The van der Waals surface area contributed by atoms with Crippen molar-refractivity contribution in [3.63, 3.8) is 0 Å². The number of halogens is 1. The van der Waals surface area contributed by atoms with Gasteiger partial charge in [-0.2, -0.15) is 0 Å². The first-order chi connectivity index (χ1) is 9.52. The van der Waals surface area contributed by atoms with E-state index in [1.807, 2.05) is 12.1 Å². The van der Waals surface area contributed by atoms with Crippen molar-refractivity contribution in [2.24, 2.45) is 0 Å². The molecule has 0 saturated carbocycles. The van der Waals surface area contributed by atoms with Gasteiger partial charge in [-0.05, 0) is 17.7 Å². The monoisotopic (exact) mass is 320 g/mol. The molecule has 1 aliphatic rings. The number of ether oxygens (including phenoxy) is 1. The van der Waals surface area contributed by atoms with Crippen molar-refractivity contribution in [3.05, 3.63) is 34.9 Å². The van der Waals surface area contributed by atoms with Gasteiger partial charge in [0.1, 0.15) is 29.9 Å². The van der Waals surface area contributed by atoms with Crippen molar-refractivity contribution >= 4 is 23.4 Å². The molecule has 4 N–H and O–H groups in total. The molecule has 0 aromatic heterocycles. The number of aliphatic hydroxyl groups is 4. The van der Waals surface area contributed by atoms with E-state index in [2.05, 4.69) is 0 Å². The van der Waals surface area contributed by atoms with Crippen LogP contribution in [0.15, 0.2) is 24.3 Å². The zero-order chi connectivity index (χ0) is 14.7. The molecule has 0 radical (unpaired) electrons. The van der Waals surface area contributed by atoms with Gasteiger partial charge in [0, 0.05) is 10.8 Å². The SMILES string of the molecule is OC[C@H]1O[C@@H](SCc2ccc(Cl)cc2)[C@H](O)[C@@H](O)[C@@H]1O. The fraction of sp³-hybridized carbons (Fsp3) is 0.538. The molecule has 1 aromatic carbocycles. The first kappa shape index (κ1) is 16.0. The molecule has 112 valence electrons. The van der Waals surface area contributed by atoms with Crippen LogP contribution in [0.25, 0.3) is 0 Å². The molecule has 1 saturated heterocycles. The van der Waals surface area contributed by atoms with Crippen LogP contribution in [0.1, 0.15) is 5.56 Å². The third kappa shape index (κ3) is 3.65. The second kappa shape index (κ2) is 7.09. The Bertz CT molecular complexity index is 427. The van der Waals surface area contributed by atoms with Crippen LogP contribution in [0.4, 0.5) is 0 Å². The van der Waals surface area contributed by atoms with Gasteiger partial charge in [0.15, 0.2) is 0 Å². The average Bonchev–Trinajstić information content (AvgIpc) is 2.46. The lowest BCUT2D eigenvalue weighted by atomic mass is 10.0. The fourth-order valence-corrected chi connectivity index (χ4v) is 3.22. The Labute approximate surface area is 126 Å². The fourth-order valence-electron chi connectivity index (χ4n) is 1.96. The number of hydrogen-bond donors (Lipinski definition) is 4. The molecule has 1 aliphatic heterocycles. The molecule has 0 amide bonds. The highest BCUT2D eigenvalue weighted by atomic mass is 35.5. The van der Waals surface area contributed by atoms with Crippen molar-refractivity contribution in [1.82, 2.24) is 0 Å². The number of benzene rings is 1. The van der Waals surface area contributed by atoms with E-state index >= 15 is 0 Å². The van der Waals surface area contributed by atoms with Crippen LogP contribution < -0.4 is 0 Å². The Morgan fingerprint density at radius 2 is 1.70 bits per heavy atom. The summed E-state index contributed by atoms with van der Waals surface area (Å²) in [5.74, 6) is 0.555. The third-order valence-corrected chi connectivity index (χ3v) is 4.65. The highest BCUT2D eigenvalue weighted by Crippen LogP contribution is 2.30. The van der Waals surface area contributed by atoms with E-state index in [1.165, 1.54) is 11.8 Å². The predicted molar refractivity (Wildman–Crippen MR) is 76.5 cm³/mol. The van der Waals surface area contributed by atoms with Crippen molar-refractivity contribution < 1.29 is 25.2 Å². The van der Waals surface area contributed by atoms with Gasteiger partial charge in [-0.25, -0.2) is 0 Å². The minimum absolute atomic E-state index is 0.414. The van der Waals surface area contributed by atoms with E-state index in [0.29, 0.717) is 10.8 Å². The molecular formula is C13H17ClO5S. The zero-order valence-electron chi connectivity index (χ0n) is 10.6. The standard InChI is InChI=1S/C13H17ClO5S/c14-8-3-1-7(2-4-8)6-20-13-12(18)11(17)10(16)9(5-15)19-13/h1-4,9-13,15-18H,5-6H2/t9-,10-,11+,12-,13+/m1/s1. The topological polar surface area (TPSA) is 90.2 Å².